The van der Waals surface area contributed by atoms with E-state index in [0.29, 0.717) is 26.7 Å². The fraction of sp³-hybridized carbons (Fsp3) is 0.0909. The summed E-state index contributed by atoms with van der Waals surface area (Å²) in [6.45, 7) is 0.249. The normalized spacial score (nSPS) is 10.6. The third kappa shape index (κ3) is 6.10. The predicted octanol–water partition coefficient (Wildman–Crippen LogP) is 5.90. The molecular weight excluding hydrogens is 441 g/mol. The van der Waals surface area contributed by atoms with Crippen molar-refractivity contribution in [2.45, 2.75) is 6.61 Å². The topological polar surface area (TPSA) is 54.9 Å². The molecule has 0 spiro atoms. The minimum atomic E-state index is 0.249. The van der Waals surface area contributed by atoms with Crippen LogP contribution in [0.2, 0.25) is 10.0 Å². The van der Waals surface area contributed by atoms with Crippen LogP contribution < -0.4 is 20.2 Å². The number of thiocarbonyl (C=S) groups is 1. The van der Waals surface area contributed by atoms with Crippen LogP contribution in [0.5, 0.6) is 11.5 Å². The van der Waals surface area contributed by atoms with Crippen molar-refractivity contribution in [2.24, 2.45) is 5.10 Å². The summed E-state index contributed by atoms with van der Waals surface area (Å²) in [5.74, 6) is 1.12. The van der Waals surface area contributed by atoms with Gasteiger partial charge in [0.15, 0.2) is 16.6 Å². The molecule has 0 aliphatic carbocycles. The summed E-state index contributed by atoms with van der Waals surface area (Å²) in [5.41, 5.74) is 5.19. The van der Waals surface area contributed by atoms with Crippen molar-refractivity contribution in [3.8, 4) is 11.5 Å². The Morgan fingerprint density at radius 3 is 2.60 bits per heavy atom. The first-order chi connectivity index (χ1) is 14.6. The fourth-order valence-electron chi connectivity index (χ4n) is 2.58. The SMILES string of the molecule is COc1cccc(C=NNC(=S)Nc2ccccc2)c1OCc1ccc(Cl)cc1Cl. The van der Waals surface area contributed by atoms with E-state index in [4.69, 9.17) is 44.9 Å². The van der Waals surface area contributed by atoms with E-state index in [1.165, 1.54) is 0 Å². The van der Waals surface area contributed by atoms with Gasteiger partial charge in [-0.3, -0.25) is 5.43 Å². The number of hydrogen-bond donors (Lipinski definition) is 2. The van der Waals surface area contributed by atoms with E-state index in [2.05, 4.69) is 15.8 Å². The fourth-order valence-corrected chi connectivity index (χ4v) is 3.21. The molecule has 2 N–H and O–H groups in total. The van der Waals surface area contributed by atoms with Crippen molar-refractivity contribution in [3.63, 3.8) is 0 Å². The van der Waals surface area contributed by atoms with Crippen molar-refractivity contribution >= 4 is 52.4 Å². The van der Waals surface area contributed by atoms with Gasteiger partial charge in [0.2, 0.25) is 0 Å². The van der Waals surface area contributed by atoms with Crippen molar-refractivity contribution in [2.75, 3.05) is 12.4 Å². The maximum Gasteiger partial charge on any atom is 0.191 e. The number of nitrogens with zero attached hydrogens (tertiary/aromatic N) is 1. The van der Waals surface area contributed by atoms with E-state index >= 15 is 0 Å². The van der Waals surface area contributed by atoms with Crippen LogP contribution in [-0.2, 0) is 6.61 Å². The molecule has 0 fully saturated rings. The second-order valence-corrected chi connectivity index (χ2v) is 7.35. The van der Waals surface area contributed by atoms with Gasteiger partial charge in [0.05, 0.1) is 13.3 Å². The molecule has 154 valence electrons. The number of benzene rings is 3. The average Bonchev–Trinajstić information content (AvgIpc) is 2.74. The highest BCUT2D eigenvalue weighted by atomic mass is 35.5. The summed E-state index contributed by atoms with van der Waals surface area (Å²) in [6, 6.07) is 20.4. The molecule has 0 aliphatic rings. The number of methoxy groups -OCH3 is 1. The van der Waals surface area contributed by atoms with E-state index in [-0.39, 0.29) is 6.61 Å². The highest BCUT2D eigenvalue weighted by Gasteiger charge is 2.11. The highest BCUT2D eigenvalue weighted by molar-refractivity contribution is 7.80. The summed E-state index contributed by atoms with van der Waals surface area (Å²) in [4.78, 5) is 0. The zero-order chi connectivity index (χ0) is 21.3. The average molecular weight is 460 g/mol. The Kier molecular flexibility index (Phi) is 7.90. The highest BCUT2D eigenvalue weighted by Crippen LogP contribution is 2.32. The molecule has 30 heavy (non-hydrogen) atoms. The Hall–Kier alpha value is -2.80. The third-order valence-electron chi connectivity index (χ3n) is 4.02. The molecule has 0 heterocycles. The lowest BCUT2D eigenvalue weighted by Crippen LogP contribution is -2.23. The van der Waals surface area contributed by atoms with Crippen molar-refractivity contribution in [1.82, 2.24) is 5.43 Å². The van der Waals surface area contributed by atoms with E-state index in [0.717, 1.165) is 16.8 Å². The molecule has 8 heteroatoms. The van der Waals surface area contributed by atoms with E-state index < -0.39 is 0 Å². The Morgan fingerprint density at radius 2 is 1.87 bits per heavy atom. The van der Waals surface area contributed by atoms with Crippen LogP contribution in [0.25, 0.3) is 0 Å². The van der Waals surface area contributed by atoms with Crippen LogP contribution in [0.15, 0.2) is 71.8 Å². The first kappa shape index (κ1) is 21.9. The van der Waals surface area contributed by atoms with Gasteiger partial charge < -0.3 is 14.8 Å². The van der Waals surface area contributed by atoms with E-state index in [9.17, 15) is 0 Å². The predicted molar refractivity (Wildman–Crippen MR) is 127 cm³/mol. The number of nitrogens with one attached hydrogen (secondary N) is 2. The second-order valence-electron chi connectivity index (χ2n) is 6.09. The van der Waals surface area contributed by atoms with Crippen LogP contribution in [-0.4, -0.2) is 18.4 Å². The largest absolute Gasteiger partial charge is 0.493 e. The monoisotopic (exact) mass is 459 g/mol. The molecule has 0 amide bonds. The summed E-state index contributed by atoms with van der Waals surface area (Å²) in [5, 5.41) is 8.72. The molecule has 0 atom stereocenters. The van der Waals surface area contributed by atoms with E-state index in [1.54, 1.807) is 25.5 Å². The molecule has 0 saturated carbocycles. The van der Waals surface area contributed by atoms with Crippen LogP contribution >= 0.6 is 35.4 Å². The minimum absolute atomic E-state index is 0.249. The molecule has 0 aromatic heterocycles. The molecule has 0 bridgehead atoms. The van der Waals surface area contributed by atoms with Gasteiger partial charge in [0.25, 0.3) is 0 Å². The number of para-hydroxylation sites is 2. The molecule has 5 nitrogen and oxygen atoms in total. The Labute approximate surface area is 190 Å². The molecule has 3 aromatic rings. The number of ether oxygens (including phenoxy) is 2. The van der Waals surface area contributed by atoms with Crippen LogP contribution in [0, 0.1) is 0 Å². The lowest BCUT2D eigenvalue weighted by atomic mass is 10.2. The lowest BCUT2D eigenvalue weighted by Gasteiger charge is -2.14. The maximum atomic E-state index is 6.24. The van der Waals surface area contributed by atoms with Crippen molar-refractivity contribution in [1.29, 1.82) is 0 Å². The Balaban J connectivity index is 1.70. The molecule has 3 rings (SSSR count). The second kappa shape index (κ2) is 10.8. The smallest absolute Gasteiger partial charge is 0.191 e. The number of rotatable bonds is 7. The van der Waals surface area contributed by atoms with Gasteiger partial charge in [-0.2, -0.15) is 5.10 Å². The standard InChI is InChI=1S/C22H19Cl2N3O2S/c1-28-20-9-5-6-15(13-25-27-22(30)26-18-7-3-2-4-8-18)21(20)29-14-16-10-11-17(23)12-19(16)24/h2-13H,14H2,1H3,(H2,26,27,30). The van der Waals surface area contributed by atoms with Gasteiger partial charge in [-0.1, -0.05) is 53.5 Å². The molecule has 0 aliphatic heterocycles. The maximum absolute atomic E-state index is 6.24. The van der Waals surface area contributed by atoms with Gasteiger partial charge in [-0.15, -0.1) is 0 Å². The molecule has 0 saturated heterocycles. The van der Waals surface area contributed by atoms with Crippen LogP contribution in [0.3, 0.4) is 0 Å². The summed E-state index contributed by atoms with van der Waals surface area (Å²) >= 11 is 17.5. The summed E-state index contributed by atoms with van der Waals surface area (Å²) < 4.78 is 11.4. The van der Waals surface area contributed by atoms with Gasteiger partial charge in [0.1, 0.15) is 6.61 Å². The van der Waals surface area contributed by atoms with Gasteiger partial charge in [-0.05, 0) is 48.6 Å². The Morgan fingerprint density at radius 1 is 1.07 bits per heavy atom. The van der Waals surface area contributed by atoms with Crippen molar-refractivity contribution < 1.29 is 9.47 Å². The Bertz CT molecular complexity index is 1050. The molecule has 0 radical (unpaired) electrons. The number of hydrazone groups is 1. The summed E-state index contributed by atoms with van der Waals surface area (Å²) in [7, 11) is 1.58. The van der Waals surface area contributed by atoms with Crippen molar-refractivity contribution in [3.05, 3.63) is 87.9 Å². The zero-order valence-electron chi connectivity index (χ0n) is 16.1. The number of hydrogen-bond acceptors (Lipinski definition) is 4. The van der Waals surface area contributed by atoms with E-state index in [1.807, 2.05) is 54.6 Å². The third-order valence-corrected chi connectivity index (χ3v) is 4.80. The molecule has 0 unspecified atom stereocenters. The number of anilines is 1. The minimum Gasteiger partial charge on any atom is -0.493 e. The van der Waals surface area contributed by atoms with Crippen LogP contribution in [0.1, 0.15) is 11.1 Å². The molecular formula is C22H19Cl2N3O2S. The van der Waals surface area contributed by atoms with Crippen LogP contribution in [0.4, 0.5) is 5.69 Å². The lowest BCUT2D eigenvalue weighted by molar-refractivity contribution is 0.284. The van der Waals surface area contributed by atoms with Gasteiger partial charge in [-0.25, -0.2) is 0 Å². The van der Waals surface area contributed by atoms with Gasteiger partial charge >= 0.3 is 0 Å². The quantitative estimate of drug-likeness (QED) is 0.261. The zero-order valence-corrected chi connectivity index (χ0v) is 18.4. The number of halogens is 2. The van der Waals surface area contributed by atoms with Gasteiger partial charge in [0, 0.05) is 26.9 Å². The first-order valence-electron chi connectivity index (χ1n) is 8.95. The first-order valence-corrected chi connectivity index (χ1v) is 10.1. The molecule has 3 aromatic carbocycles. The summed E-state index contributed by atoms with van der Waals surface area (Å²) in [6.07, 6.45) is 1.61.